The zero-order chi connectivity index (χ0) is 22.1. The van der Waals surface area contributed by atoms with Gasteiger partial charge in [-0.25, -0.2) is 9.36 Å². The number of carbonyl (C=O) groups is 1. The number of nitrogens with zero attached hydrogens (tertiary/aromatic N) is 2. The monoisotopic (exact) mass is 455 g/mol. The molecule has 2 aromatic heterocycles. The molecular weight excluding hydrogens is 438 g/mol. The second-order valence-corrected chi connectivity index (χ2v) is 8.42. The molecule has 0 saturated heterocycles. The number of amides is 1. The average molecular weight is 456 g/mol. The molecule has 0 spiro atoms. The Labute approximate surface area is 185 Å². The number of aryl methyl sites for hydroxylation is 1. The number of aromatic hydroxyl groups is 1. The Morgan fingerprint density at radius 3 is 2.55 bits per heavy atom. The molecule has 2 heterocycles. The number of hydrogen-bond donors (Lipinski definition) is 2. The summed E-state index contributed by atoms with van der Waals surface area (Å²) in [5.74, 6) is -0.355. The summed E-state index contributed by atoms with van der Waals surface area (Å²) in [4.78, 5) is 40.5. The maximum atomic E-state index is 13.3. The van der Waals surface area contributed by atoms with Crippen molar-refractivity contribution in [2.24, 2.45) is 0 Å². The first-order valence-electron chi connectivity index (χ1n) is 9.50. The zero-order valence-corrected chi connectivity index (χ0v) is 18.0. The first-order chi connectivity index (χ1) is 14.9. The van der Waals surface area contributed by atoms with Gasteiger partial charge < -0.3 is 10.4 Å². The number of hydrogen-bond acceptors (Lipinski definition) is 5. The molecule has 9 heteroatoms. The number of fused-ring (bicyclic) bond motifs is 1. The van der Waals surface area contributed by atoms with Crippen molar-refractivity contribution in [2.45, 2.75) is 19.9 Å². The van der Waals surface area contributed by atoms with E-state index in [-0.39, 0.29) is 12.3 Å². The van der Waals surface area contributed by atoms with E-state index in [0.29, 0.717) is 33.0 Å². The van der Waals surface area contributed by atoms with E-state index < -0.39 is 17.2 Å². The standard InChI is InChI=1S/C22H18ClN3O4S/c1-2-17-11-18-20(29)26(15-5-3-4-13(23)10-15)22(30)25(21(18)31-17)12-19(28)24-14-6-8-16(27)9-7-14/h3-11,27H,2,12H2,1H3,(H,24,28). The van der Waals surface area contributed by atoms with Crippen molar-refractivity contribution in [3.63, 3.8) is 0 Å². The van der Waals surface area contributed by atoms with Crippen LogP contribution in [-0.2, 0) is 17.8 Å². The van der Waals surface area contributed by atoms with Crippen LogP contribution in [0.15, 0.2) is 64.2 Å². The molecule has 0 unspecified atom stereocenters. The molecule has 7 nitrogen and oxygen atoms in total. The number of benzene rings is 2. The van der Waals surface area contributed by atoms with Gasteiger partial charge in [0.05, 0.1) is 11.1 Å². The molecule has 0 fully saturated rings. The molecular formula is C22H18ClN3O4S. The van der Waals surface area contributed by atoms with Crippen molar-refractivity contribution in [1.82, 2.24) is 9.13 Å². The first-order valence-corrected chi connectivity index (χ1v) is 10.7. The number of carbonyl (C=O) groups excluding carboxylic acids is 1. The zero-order valence-electron chi connectivity index (χ0n) is 16.5. The van der Waals surface area contributed by atoms with Gasteiger partial charge in [0.15, 0.2) is 0 Å². The van der Waals surface area contributed by atoms with Gasteiger partial charge in [0.25, 0.3) is 5.56 Å². The van der Waals surface area contributed by atoms with Crippen LogP contribution in [0.3, 0.4) is 0 Å². The van der Waals surface area contributed by atoms with Crippen LogP contribution in [0.25, 0.3) is 15.9 Å². The maximum absolute atomic E-state index is 13.3. The molecule has 0 aliphatic carbocycles. The predicted octanol–water partition coefficient (Wildman–Crippen LogP) is 3.77. The minimum absolute atomic E-state index is 0.0789. The van der Waals surface area contributed by atoms with Crippen LogP contribution in [0.2, 0.25) is 5.02 Å². The number of rotatable bonds is 5. The van der Waals surface area contributed by atoms with Crippen LogP contribution in [0.4, 0.5) is 5.69 Å². The summed E-state index contributed by atoms with van der Waals surface area (Å²) in [7, 11) is 0. The minimum atomic E-state index is -0.620. The number of phenols is 1. The first kappa shape index (κ1) is 20.9. The normalized spacial score (nSPS) is 11.0. The van der Waals surface area contributed by atoms with E-state index in [1.165, 1.54) is 34.1 Å². The number of aromatic nitrogens is 2. The van der Waals surface area contributed by atoms with E-state index in [4.69, 9.17) is 11.6 Å². The van der Waals surface area contributed by atoms with Crippen LogP contribution in [0, 0.1) is 0 Å². The highest BCUT2D eigenvalue weighted by atomic mass is 35.5. The Bertz CT molecular complexity index is 1400. The molecule has 158 valence electrons. The molecule has 1 amide bonds. The molecule has 0 aliphatic rings. The Morgan fingerprint density at radius 2 is 1.87 bits per heavy atom. The lowest BCUT2D eigenvalue weighted by Crippen LogP contribution is -2.40. The fourth-order valence-electron chi connectivity index (χ4n) is 3.25. The van der Waals surface area contributed by atoms with Gasteiger partial charge in [0.1, 0.15) is 17.1 Å². The van der Waals surface area contributed by atoms with Crippen LogP contribution in [0.5, 0.6) is 5.75 Å². The molecule has 4 aromatic rings. The van der Waals surface area contributed by atoms with Crippen LogP contribution < -0.4 is 16.6 Å². The lowest BCUT2D eigenvalue weighted by Gasteiger charge is -2.12. The molecule has 0 aliphatic heterocycles. The molecule has 4 rings (SSSR count). The minimum Gasteiger partial charge on any atom is -0.508 e. The quantitative estimate of drug-likeness (QED) is 0.448. The van der Waals surface area contributed by atoms with Gasteiger partial charge in [-0.15, -0.1) is 11.3 Å². The van der Waals surface area contributed by atoms with Gasteiger partial charge in [0.2, 0.25) is 5.91 Å². The van der Waals surface area contributed by atoms with Crippen LogP contribution in [-0.4, -0.2) is 20.1 Å². The van der Waals surface area contributed by atoms with Gasteiger partial charge >= 0.3 is 5.69 Å². The van der Waals surface area contributed by atoms with E-state index in [9.17, 15) is 19.5 Å². The summed E-state index contributed by atoms with van der Waals surface area (Å²) in [6.45, 7) is 1.68. The number of thiophene rings is 1. The van der Waals surface area contributed by atoms with E-state index in [1.807, 2.05) is 6.92 Å². The molecule has 0 bridgehead atoms. The number of phenolic OH excluding ortho intramolecular Hbond substituents is 1. The summed E-state index contributed by atoms with van der Waals surface area (Å²) >= 11 is 7.39. The molecule has 31 heavy (non-hydrogen) atoms. The SMILES string of the molecule is CCc1cc2c(=O)n(-c3cccc(Cl)c3)c(=O)n(CC(=O)Nc3ccc(O)cc3)c2s1. The largest absolute Gasteiger partial charge is 0.508 e. The molecule has 2 aromatic carbocycles. The fraction of sp³-hybridized carbons (Fsp3) is 0.136. The number of anilines is 1. The molecule has 0 saturated carbocycles. The highest BCUT2D eigenvalue weighted by Crippen LogP contribution is 2.24. The highest BCUT2D eigenvalue weighted by molar-refractivity contribution is 7.18. The van der Waals surface area contributed by atoms with Gasteiger partial charge in [-0.1, -0.05) is 24.6 Å². The van der Waals surface area contributed by atoms with E-state index in [1.54, 1.807) is 36.4 Å². The topological polar surface area (TPSA) is 93.3 Å². The second-order valence-electron chi connectivity index (χ2n) is 6.87. The number of halogens is 1. The predicted molar refractivity (Wildman–Crippen MR) is 123 cm³/mol. The second kappa shape index (κ2) is 8.41. The smallest absolute Gasteiger partial charge is 0.337 e. The van der Waals surface area contributed by atoms with Crippen molar-refractivity contribution in [3.05, 3.63) is 85.3 Å². The summed E-state index contributed by atoms with van der Waals surface area (Å²) in [5.41, 5.74) is -0.254. The van der Waals surface area contributed by atoms with Crippen molar-refractivity contribution in [3.8, 4) is 11.4 Å². The van der Waals surface area contributed by atoms with Crippen molar-refractivity contribution in [2.75, 3.05) is 5.32 Å². The summed E-state index contributed by atoms with van der Waals surface area (Å²) in [6.07, 6.45) is 0.698. The van der Waals surface area contributed by atoms with Gasteiger partial charge in [-0.05, 0) is 55.0 Å². The number of nitrogens with one attached hydrogen (secondary N) is 1. The Balaban J connectivity index is 1.84. The van der Waals surface area contributed by atoms with Gasteiger partial charge in [-0.3, -0.25) is 14.2 Å². The van der Waals surface area contributed by atoms with Gasteiger partial charge in [-0.2, -0.15) is 0 Å². The van der Waals surface area contributed by atoms with Crippen LogP contribution >= 0.6 is 22.9 Å². The van der Waals surface area contributed by atoms with E-state index >= 15 is 0 Å². The molecule has 0 radical (unpaired) electrons. The Morgan fingerprint density at radius 1 is 1.13 bits per heavy atom. The van der Waals surface area contributed by atoms with E-state index in [2.05, 4.69) is 5.32 Å². The summed E-state index contributed by atoms with van der Waals surface area (Å²) in [6, 6.07) is 14.2. The van der Waals surface area contributed by atoms with Crippen molar-refractivity contribution in [1.29, 1.82) is 0 Å². The summed E-state index contributed by atoms with van der Waals surface area (Å²) < 4.78 is 2.34. The summed E-state index contributed by atoms with van der Waals surface area (Å²) in [5, 5.41) is 12.9. The molecule has 2 N–H and O–H groups in total. The third-order valence-electron chi connectivity index (χ3n) is 4.73. The van der Waals surface area contributed by atoms with Crippen molar-refractivity contribution < 1.29 is 9.90 Å². The Kier molecular flexibility index (Phi) is 5.67. The van der Waals surface area contributed by atoms with Crippen molar-refractivity contribution >= 4 is 44.7 Å². The third kappa shape index (κ3) is 4.12. The Hall–Kier alpha value is -3.36. The molecule has 0 atom stereocenters. The lowest BCUT2D eigenvalue weighted by molar-refractivity contribution is -0.116. The van der Waals surface area contributed by atoms with E-state index in [0.717, 1.165) is 9.44 Å². The lowest BCUT2D eigenvalue weighted by atomic mass is 10.3. The fourth-order valence-corrected chi connectivity index (χ4v) is 4.51. The highest BCUT2D eigenvalue weighted by Gasteiger charge is 2.19. The van der Waals surface area contributed by atoms with Gasteiger partial charge in [0, 0.05) is 15.6 Å². The maximum Gasteiger partial charge on any atom is 0.337 e. The third-order valence-corrected chi connectivity index (χ3v) is 6.27. The average Bonchev–Trinajstić information content (AvgIpc) is 3.18. The van der Waals surface area contributed by atoms with Crippen LogP contribution in [0.1, 0.15) is 11.8 Å².